The van der Waals surface area contributed by atoms with Crippen LogP contribution in [0, 0.1) is 56.7 Å². The van der Waals surface area contributed by atoms with Crippen LogP contribution in [0.5, 0.6) is 0 Å². The Kier molecular flexibility index (Phi) is 4.52. The number of hydrogen-bond donors (Lipinski definition) is 0. The smallest absolute Gasteiger partial charge is 0.161 e. The van der Waals surface area contributed by atoms with Crippen LogP contribution in [-0.2, 0) is 4.79 Å². The fourth-order valence-electron chi connectivity index (χ4n) is 10.8. The quantitative estimate of drug-likeness (QED) is 0.391. The summed E-state index contributed by atoms with van der Waals surface area (Å²) in [7, 11) is 0. The van der Waals surface area contributed by atoms with Crippen LogP contribution in [0.25, 0.3) is 0 Å². The van der Waals surface area contributed by atoms with Gasteiger partial charge in [0.2, 0.25) is 0 Å². The van der Waals surface area contributed by atoms with Crippen molar-refractivity contribution in [3.63, 3.8) is 0 Å². The van der Waals surface area contributed by atoms with Gasteiger partial charge in [-0.1, -0.05) is 59.8 Å². The van der Waals surface area contributed by atoms with Crippen molar-refractivity contribution in [2.75, 3.05) is 0 Å². The Bertz CT molecular complexity index is 848. The lowest BCUT2D eigenvalue weighted by Gasteiger charge is -2.71. The molecule has 0 aromatic heterocycles. The number of carbonyl (C=O) groups excluding carboxylic acids is 1. The molecule has 1 nitrogen and oxygen atoms in total. The first-order valence-electron chi connectivity index (χ1n) is 13.2. The molecule has 4 fully saturated rings. The minimum Gasteiger partial charge on any atom is -0.294 e. The van der Waals surface area contributed by atoms with E-state index in [1.807, 2.05) is 6.08 Å². The van der Waals surface area contributed by atoms with E-state index in [-0.39, 0.29) is 10.8 Å². The second kappa shape index (κ2) is 6.38. The molecule has 0 spiro atoms. The van der Waals surface area contributed by atoms with Crippen molar-refractivity contribution in [3.8, 4) is 0 Å². The second-order valence-electron chi connectivity index (χ2n) is 14.1. The van der Waals surface area contributed by atoms with Crippen LogP contribution in [0.1, 0.15) is 99.8 Å². The molecule has 0 aromatic carbocycles. The Morgan fingerprint density at radius 2 is 1.58 bits per heavy atom. The number of allylic oxidation sites excluding steroid dienone is 3. The highest BCUT2D eigenvalue weighted by Crippen LogP contribution is 2.76. The third-order valence-corrected chi connectivity index (χ3v) is 12.8. The Morgan fingerprint density at radius 3 is 2.26 bits per heavy atom. The van der Waals surface area contributed by atoms with Gasteiger partial charge in [-0.25, -0.2) is 0 Å². The molecule has 0 radical (unpaired) electrons. The van der Waals surface area contributed by atoms with Gasteiger partial charge in [0, 0.05) is 5.41 Å². The van der Waals surface area contributed by atoms with Gasteiger partial charge in [0.15, 0.2) is 5.78 Å². The summed E-state index contributed by atoms with van der Waals surface area (Å²) in [6, 6.07) is 0. The lowest BCUT2D eigenvalue weighted by molar-refractivity contribution is -0.216. The normalized spacial score (nSPS) is 55.1. The van der Waals surface area contributed by atoms with Crippen molar-refractivity contribution >= 4 is 5.78 Å². The molecule has 9 atom stereocenters. The third-order valence-electron chi connectivity index (χ3n) is 12.8. The van der Waals surface area contributed by atoms with Crippen molar-refractivity contribution < 1.29 is 4.79 Å². The van der Waals surface area contributed by atoms with Crippen LogP contribution in [0.4, 0.5) is 0 Å². The van der Waals surface area contributed by atoms with Gasteiger partial charge in [0.05, 0.1) is 0 Å². The molecule has 0 heterocycles. The van der Waals surface area contributed by atoms with Gasteiger partial charge in [0.1, 0.15) is 0 Å². The largest absolute Gasteiger partial charge is 0.294 e. The van der Waals surface area contributed by atoms with Crippen LogP contribution in [0.15, 0.2) is 24.3 Å². The highest BCUT2D eigenvalue weighted by Gasteiger charge is 2.69. The molecule has 4 saturated carbocycles. The Balaban J connectivity index is 1.57. The molecule has 0 aliphatic heterocycles. The zero-order chi connectivity index (χ0) is 22.6. The molecular weight excluding hydrogens is 376 g/mol. The Labute approximate surface area is 191 Å². The van der Waals surface area contributed by atoms with Crippen LogP contribution in [0.3, 0.4) is 0 Å². The molecule has 5 aliphatic rings. The predicted octanol–water partition coefficient (Wildman–Crippen LogP) is 8.01. The number of rotatable bonds is 1. The molecule has 1 heteroatoms. The van der Waals surface area contributed by atoms with E-state index in [9.17, 15) is 4.79 Å². The highest BCUT2D eigenvalue weighted by molar-refractivity contribution is 5.95. The summed E-state index contributed by atoms with van der Waals surface area (Å²) in [4.78, 5) is 12.8. The summed E-state index contributed by atoms with van der Waals surface area (Å²) in [5.41, 5.74) is 2.68. The van der Waals surface area contributed by atoms with E-state index in [1.54, 1.807) is 0 Å². The van der Waals surface area contributed by atoms with Gasteiger partial charge in [-0.15, -0.1) is 0 Å². The lowest BCUT2D eigenvalue weighted by Crippen LogP contribution is -2.65. The van der Waals surface area contributed by atoms with E-state index < -0.39 is 0 Å². The molecule has 0 bridgehead atoms. The van der Waals surface area contributed by atoms with Crippen LogP contribution in [0.2, 0.25) is 0 Å². The number of ketones is 1. The van der Waals surface area contributed by atoms with E-state index in [1.165, 1.54) is 56.9 Å². The summed E-state index contributed by atoms with van der Waals surface area (Å²) < 4.78 is 0. The SMILES string of the molecule is C=C(C)C1CCC2(C)CCC3(C)C(CCC4C5(C)C=CC(=O)C(C)(C)C5CCC43C)C12. The van der Waals surface area contributed by atoms with Gasteiger partial charge >= 0.3 is 0 Å². The predicted molar refractivity (Wildman–Crippen MR) is 130 cm³/mol. The first-order valence-corrected chi connectivity index (χ1v) is 13.2. The van der Waals surface area contributed by atoms with Crippen molar-refractivity contribution in [2.24, 2.45) is 56.7 Å². The van der Waals surface area contributed by atoms with Crippen molar-refractivity contribution in [2.45, 2.75) is 99.8 Å². The molecule has 5 rings (SSSR count). The third kappa shape index (κ3) is 2.53. The monoisotopic (exact) mass is 422 g/mol. The van der Waals surface area contributed by atoms with Gasteiger partial charge in [-0.05, 0) is 116 Å². The van der Waals surface area contributed by atoms with E-state index >= 15 is 0 Å². The summed E-state index contributed by atoms with van der Waals surface area (Å²) in [6.07, 6.45) is 15.1. The van der Waals surface area contributed by atoms with Gasteiger partial charge in [-0.3, -0.25) is 4.79 Å². The summed E-state index contributed by atoms with van der Waals surface area (Å²) in [5.74, 6) is 3.91. The minimum atomic E-state index is -0.218. The summed E-state index contributed by atoms with van der Waals surface area (Å²) in [6.45, 7) is 21.7. The molecule has 0 amide bonds. The first-order chi connectivity index (χ1) is 14.3. The number of carbonyl (C=O) groups is 1. The van der Waals surface area contributed by atoms with Crippen LogP contribution < -0.4 is 0 Å². The number of hydrogen-bond acceptors (Lipinski definition) is 1. The van der Waals surface area contributed by atoms with E-state index in [2.05, 4.69) is 61.1 Å². The topological polar surface area (TPSA) is 17.1 Å². The van der Waals surface area contributed by atoms with Gasteiger partial charge in [-0.2, -0.15) is 0 Å². The molecule has 172 valence electrons. The molecule has 31 heavy (non-hydrogen) atoms. The van der Waals surface area contributed by atoms with E-state index in [4.69, 9.17) is 0 Å². The average Bonchev–Trinajstić information content (AvgIpc) is 3.04. The molecule has 5 aliphatic carbocycles. The summed E-state index contributed by atoms with van der Waals surface area (Å²) in [5, 5.41) is 0. The maximum absolute atomic E-state index is 12.8. The standard InChI is InChI=1S/C30H46O/c1-19(2)20-11-14-27(5)17-18-29(7)21(25(20)27)9-10-23-28(6)15-13-24(31)26(3,4)22(28)12-16-30(23,29)8/h13,15,20-23,25H,1,9-12,14,16-18H2,2-8H3. The minimum absolute atomic E-state index is 0.155. The number of fused-ring (bicyclic) bond motifs is 7. The van der Waals surface area contributed by atoms with E-state index in [0.29, 0.717) is 33.9 Å². The second-order valence-corrected chi connectivity index (χ2v) is 14.1. The Hall–Kier alpha value is -0.850. The fourth-order valence-corrected chi connectivity index (χ4v) is 10.8. The van der Waals surface area contributed by atoms with Crippen molar-refractivity contribution in [3.05, 3.63) is 24.3 Å². The fraction of sp³-hybridized carbons (Fsp3) is 0.833. The maximum Gasteiger partial charge on any atom is 0.161 e. The van der Waals surface area contributed by atoms with Crippen LogP contribution >= 0.6 is 0 Å². The van der Waals surface area contributed by atoms with Gasteiger partial charge < -0.3 is 0 Å². The van der Waals surface area contributed by atoms with Crippen molar-refractivity contribution in [1.82, 2.24) is 0 Å². The highest BCUT2D eigenvalue weighted by atomic mass is 16.1. The van der Waals surface area contributed by atoms with E-state index in [0.717, 1.165) is 17.8 Å². The Morgan fingerprint density at radius 1 is 0.871 bits per heavy atom. The summed E-state index contributed by atoms with van der Waals surface area (Å²) >= 11 is 0. The molecule has 9 unspecified atom stereocenters. The molecular formula is C30H46O. The molecule has 0 aromatic rings. The molecule has 0 N–H and O–H groups in total. The maximum atomic E-state index is 12.8. The first kappa shape index (κ1) is 22.0. The lowest BCUT2D eigenvalue weighted by atomic mass is 9.33. The zero-order valence-electron chi connectivity index (χ0n) is 21.3. The van der Waals surface area contributed by atoms with Crippen LogP contribution in [-0.4, -0.2) is 5.78 Å². The molecule has 0 saturated heterocycles. The zero-order valence-corrected chi connectivity index (χ0v) is 21.3. The van der Waals surface area contributed by atoms with Crippen molar-refractivity contribution in [1.29, 1.82) is 0 Å². The van der Waals surface area contributed by atoms with Gasteiger partial charge in [0.25, 0.3) is 0 Å². The average molecular weight is 423 g/mol.